The Kier molecular flexibility index (Phi) is 1.23. The summed E-state index contributed by atoms with van der Waals surface area (Å²) in [6.45, 7) is 0. The third-order valence-corrected chi connectivity index (χ3v) is 0.956. The zero-order chi connectivity index (χ0) is 4.24. The molecule has 0 saturated carbocycles. The molecule has 32 valence electrons. The highest BCUT2D eigenvalue weighted by atomic mass is 31.1. The first-order valence-electron chi connectivity index (χ1n) is 1.60. The molecule has 1 aliphatic rings. The van der Waals surface area contributed by atoms with E-state index in [4.69, 9.17) is 0 Å². The van der Waals surface area contributed by atoms with Crippen molar-refractivity contribution < 1.29 is 4.62 Å². The molecule has 0 amide bonds. The molecule has 0 aromatic rings. The van der Waals surface area contributed by atoms with Gasteiger partial charge in [0.25, 0.3) is 0 Å². The van der Waals surface area contributed by atoms with Crippen molar-refractivity contribution in [2.24, 2.45) is 5.16 Å². The van der Waals surface area contributed by atoms with E-state index < -0.39 is 0 Å². The number of allylic oxidation sites excluding steroid dienone is 1. The van der Waals surface area contributed by atoms with Crippen molar-refractivity contribution in [3.63, 3.8) is 0 Å². The predicted octanol–water partition coefficient (Wildman–Crippen LogP) is 1.11. The average Bonchev–Trinajstić information content (AvgIpc) is 1.72. The van der Waals surface area contributed by atoms with Crippen molar-refractivity contribution in [2.45, 2.75) is 0 Å². The highest BCUT2D eigenvalue weighted by Crippen LogP contribution is 2.14. The molecule has 0 spiro atoms. The minimum absolute atomic E-state index is 0.423. The second-order valence-corrected chi connectivity index (χ2v) is 1.57. The maximum atomic E-state index is 4.58. The van der Waals surface area contributed by atoms with Crippen LogP contribution >= 0.6 is 8.81 Å². The predicted molar refractivity (Wildman–Crippen MR) is 27.0 cm³/mol. The third-order valence-electron chi connectivity index (χ3n) is 0.417. The fraction of sp³-hybridized carbons (Fsp3) is 0. The minimum atomic E-state index is 0.423. The molecule has 0 radical (unpaired) electrons. The van der Waals surface area contributed by atoms with E-state index in [1.165, 1.54) is 0 Å². The molecule has 3 heteroatoms. The normalized spacial score (nSPS) is 21.3. The molecule has 1 heterocycles. The zero-order valence-corrected chi connectivity index (χ0v) is 4.09. The Morgan fingerprint density at radius 1 is 1.67 bits per heavy atom. The zero-order valence-electron chi connectivity index (χ0n) is 3.09. The lowest BCUT2D eigenvalue weighted by Crippen LogP contribution is -1.68. The van der Waals surface area contributed by atoms with Crippen molar-refractivity contribution in [2.75, 3.05) is 0 Å². The summed E-state index contributed by atoms with van der Waals surface area (Å²) in [7, 11) is 0.423. The lowest BCUT2D eigenvalue weighted by atomic mass is 10.7. The first-order valence-corrected chi connectivity index (χ1v) is 2.59. The van der Waals surface area contributed by atoms with Crippen LogP contribution in [0.1, 0.15) is 0 Å². The summed E-state index contributed by atoms with van der Waals surface area (Å²) in [5.41, 5.74) is 0. The largest absolute Gasteiger partial charge is 0.376 e. The Balaban J connectivity index is 2.46. The molecule has 2 nitrogen and oxygen atoms in total. The summed E-state index contributed by atoms with van der Waals surface area (Å²) >= 11 is 0. The van der Waals surface area contributed by atoms with E-state index in [9.17, 15) is 0 Å². The summed E-state index contributed by atoms with van der Waals surface area (Å²) in [6, 6.07) is 0. The quantitative estimate of drug-likeness (QED) is 0.419. The lowest BCUT2D eigenvalue weighted by Gasteiger charge is -1.91. The number of oxime groups is 1. The molecule has 1 atom stereocenters. The summed E-state index contributed by atoms with van der Waals surface area (Å²) in [6.07, 6.45) is 3.48. The minimum Gasteiger partial charge on any atom is -0.376 e. The van der Waals surface area contributed by atoms with Crippen molar-refractivity contribution in [3.05, 3.63) is 11.9 Å². The smallest absolute Gasteiger partial charge is 0.131 e. The van der Waals surface area contributed by atoms with Crippen LogP contribution in [0.25, 0.3) is 0 Å². The Morgan fingerprint density at radius 3 is 2.83 bits per heavy atom. The second kappa shape index (κ2) is 1.93. The summed E-state index contributed by atoms with van der Waals surface area (Å²) in [5, 5.41) is 3.48. The molecular formula is C3H4NOP. The van der Waals surface area contributed by atoms with Crippen molar-refractivity contribution in [3.8, 4) is 0 Å². The maximum absolute atomic E-state index is 4.58. The van der Waals surface area contributed by atoms with Crippen LogP contribution in [0.15, 0.2) is 17.0 Å². The fourth-order valence-electron chi connectivity index (χ4n) is 0.209. The van der Waals surface area contributed by atoms with Gasteiger partial charge < -0.3 is 4.62 Å². The second-order valence-electron chi connectivity index (χ2n) is 0.823. The van der Waals surface area contributed by atoms with Gasteiger partial charge in [0.1, 0.15) is 8.81 Å². The number of nitrogens with zero attached hydrogens (tertiary/aromatic N) is 1. The summed E-state index contributed by atoms with van der Waals surface area (Å²) in [4.78, 5) is 0. The Bertz CT molecular complexity index is 76.8. The molecule has 0 aromatic heterocycles. The first-order chi connectivity index (χ1) is 3.00. The maximum Gasteiger partial charge on any atom is 0.131 e. The highest BCUT2D eigenvalue weighted by Gasteiger charge is 1.77. The number of rotatable bonds is 0. The highest BCUT2D eigenvalue weighted by molar-refractivity contribution is 7.36. The van der Waals surface area contributed by atoms with E-state index in [0.29, 0.717) is 8.81 Å². The molecule has 0 bridgehead atoms. The SMILES string of the molecule is C1=CPON=C1. The van der Waals surface area contributed by atoms with Gasteiger partial charge in [0.2, 0.25) is 0 Å². The Hall–Kier alpha value is -0.360. The van der Waals surface area contributed by atoms with Gasteiger partial charge in [-0.05, 0) is 11.9 Å². The van der Waals surface area contributed by atoms with Gasteiger partial charge in [-0.1, -0.05) is 5.16 Å². The van der Waals surface area contributed by atoms with Crippen LogP contribution < -0.4 is 0 Å². The van der Waals surface area contributed by atoms with Crippen LogP contribution in [0, 0.1) is 0 Å². The van der Waals surface area contributed by atoms with Gasteiger partial charge in [0, 0.05) is 0 Å². The van der Waals surface area contributed by atoms with E-state index in [1.54, 1.807) is 6.21 Å². The van der Waals surface area contributed by atoms with Gasteiger partial charge in [-0.15, -0.1) is 0 Å². The van der Waals surface area contributed by atoms with Gasteiger partial charge >= 0.3 is 0 Å². The summed E-state index contributed by atoms with van der Waals surface area (Å²) < 4.78 is 4.58. The van der Waals surface area contributed by atoms with Crippen LogP contribution in [0.5, 0.6) is 0 Å². The van der Waals surface area contributed by atoms with Gasteiger partial charge in [0.15, 0.2) is 0 Å². The van der Waals surface area contributed by atoms with E-state index >= 15 is 0 Å². The van der Waals surface area contributed by atoms with Crippen molar-refractivity contribution in [1.82, 2.24) is 0 Å². The molecule has 1 rings (SSSR count). The van der Waals surface area contributed by atoms with Gasteiger partial charge in [-0.3, -0.25) is 0 Å². The monoisotopic (exact) mass is 101 g/mol. The topological polar surface area (TPSA) is 21.6 Å². The van der Waals surface area contributed by atoms with Gasteiger partial charge in [-0.25, -0.2) is 0 Å². The Labute approximate surface area is 37.7 Å². The van der Waals surface area contributed by atoms with Crippen LogP contribution in [-0.4, -0.2) is 6.21 Å². The molecule has 0 N–H and O–H groups in total. The van der Waals surface area contributed by atoms with E-state index in [1.807, 2.05) is 11.9 Å². The third kappa shape index (κ3) is 0.798. The van der Waals surface area contributed by atoms with Gasteiger partial charge in [-0.2, -0.15) is 0 Å². The van der Waals surface area contributed by atoms with Crippen molar-refractivity contribution >= 4 is 15.0 Å². The van der Waals surface area contributed by atoms with E-state index in [-0.39, 0.29) is 0 Å². The fourth-order valence-corrected chi connectivity index (χ4v) is 0.556. The van der Waals surface area contributed by atoms with Crippen LogP contribution in [0.4, 0.5) is 0 Å². The molecule has 1 aliphatic heterocycles. The molecule has 0 fully saturated rings. The molecule has 6 heavy (non-hydrogen) atoms. The van der Waals surface area contributed by atoms with Crippen LogP contribution in [0.3, 0.4) is 0 Å². The molecule has 0 aliphatic carbocycles. The van der Waals surface area contributed by atoms with Crippen LogP contribution in [0.2, 0.25) is 0 Å². The summed E-state index contributed by atoms with van der Waals surface area (Å²) in [5.74, 6) is 1.92. The van der Waals surface area contributed by atoms with E-state index in [2.05, 4.69) is 9.78 Å². The molecule has 0 saturated heterocycles. The average molecular weight is 101 g/mol. The molecular weight excluding hydrogens is 97.0 g/mol. The Morgan fingerprint density at radius 2 is 2.67 bits per heavy atom. The molecule has 0 aromatic carbocycles. The van der Waals surface area contributed by atoms with Crippen molar-refractivity contribution in [1.29, 1.82) is 0 Å². The number of hydrogen-bond acceptors (Lipinski definition) is 2. The lowest BCUT2D eigenvalue weighted by molar-refractivity contribution is 0.399. The molecule has 1 unspecified atom stereocenters. The van der Waals surface area contributed by atoms with E-state index in [0.717, 1.165) is 0 Å². The first kappa shape index (κ1) is 3.82. The standard InChI is InChI=1S/C3H4NOP/c1-2-4-5-6-3-1/h1-3,6H. The van der Waals surface area contributed by atoms with Gasteiger partial charge in [0.05, 0.1) is 6.21 Å². The van der Waals surface area contributed by atoms with Crippen LogP contribution in [-0.2, 0) is 4.62 Å². The number of hydrogen-bond donors (Lipinski definition) is 0.